The first kappa shape index (κ1) is 15.6. The second-order valence-electron chi connectivity index (χ2n) is 6.85. The van der Waals surface area contributed by atoms with E-state index in [1.165, 1.54) is 4.90 Å². The van der Waals surface area contributed by atoms with Crippen LogP contribution in [0.15, 0.2) is 12.3 Å². The van der Waals surface area contributed by atoms with E-state index in [0.29, 0.717) is 17.7 Å². The van der Waals surface area contributed by atoms with Crippen LogP contribution in [-0.4, -0.2) is 38.8 Å². The van der Waals surface area contributed by atoms with Gasteiger partial charge in [-0.1, -0.05) is 0 Å². The topological polar surface area (TPSA) is 70.5 Å². The number of hydrogen-bond acceptors (Lipinski definition) is 4. The fourth-order valence-electron chi connectivity index (χ4n) is 4.23. The lowest BCUT2D eigenvalue weighted by Crippen LogP contribution is -2.42. The van der Waals surface area contributed by atoms with Gasteiger partial charge in [-0.05, 0) is 18.1 Å². The number of fused-ring (bicyclic) bond motifs is 2. The highest BCUT2D eigenvalue weighted by molar-refractivity contribution is 5.95. The fourth-order valence-corrected chi connectivity index (χ4v) is 4.23. The van der Waals surface area contributed by atoms with Gasteiger partial charge in [-0.15, -0.1) is 0 Å². The van der Waals surface area contributed by atoms with Crippen LogP contribution >= 0.6 is 0 Å². The van der Waals surface area contributed by atoms with E-state index in [9.17, 15) is 27.9 Å². The third-order valence-electron chi connectivity index (χ3n) is 5.51. The van der Waals surface area contributed by atoms with Gasteiger partial charge >= 0.3 is 6.18 Å². The van der Waals surface area contributed by atoms with Crippen molar-refractivity contribution in [2.24, 2.45) is 5.41 Å². The second kappa shape index (κ2) is 4.78. The Balaban J connectivity index is 1.70. The summed E-state index contributed by atoms with van der Waals surface area (Å²) in [6.45, 7) is -0.0112. The molecule has 2 fully saturated rings. The zero-order chi connectivity index (χ0) is 17.3. The van der Waals surface area contributed by atoms with Crippen LogP contribution in [0.25, 0.3) is 0 Å². The van der Waals surface area contributed by atoms with E-state index in [2.05, 4.69) is 4.98 Å². The van der Waals surface area contributed by atoms with E-state index in [4.69, 9.17) is 0 Å². The second-order valence-corrected chi connectivity index (χ2v) is 6.85. The molecule has 1 N–H and O–H groups in total. The summed E-state index contributed by atoms with van der Waals surface area (Å²) in [5, 5.41) is 10.6. The van der Waals surface area contributed by atoms with Gasteiger partial charge in [-0.2, -0.15) is 13.2 Å². The van der Waals surface area contributed by atoms with Crippen molar-refractivity contribution in [2.75, 3.05) is 0 Å². The Hall–Kier alpha value is -1.96. The van der Waals surface area contributed by atoms with Gasteiger partial charge < -0.3 is 10.0 Å². The summed E-state index contributed by atoms with van der Waals surface area (Å²) in [7, 11) is 0. The Kier molecular flexibility index (Phi) is 3.10. The van der Waals surface area contributed by atoms with E-state index in [0.717, 1.165) is 12.3 Å². The highest BCUT2D eigenvalue weighted by atomic mass is 19.4. The lowest BCUT2D eigenvalue weighted by Gasteiger charge is -2.32. The molecule has 5 nitrogen and oxygen atoms in total. The zero-order valence-corrected chi connectivity index (χ0v) is 12.6. The predicted octanol–water partition coefficient (Wildman–Crippen LogP) is 1.47. The Morgan fingerprint density at radius 1 is 1.33 bits per heavy atom. The quantitative estimate of drug-likeness (QED) is 0.776. The minimum atomic E-state index is -4.49. The number of aliphatic hydroxyl groups is 1. The molecule has 2 unspecified atom stereocenters. The van der Waals surface area contributed by atoms with Gasteiger partial charge in [0.25, 0.3) is 0 Å². The van der Waals surface area contributed by atoms with Crippen LogP contribution in [0.4, 0.5) is 13.2 Å². The average molecular weight is 340 g/mol. The first-order chi connectivity index (χ1) is 11.2. The molecule has 128 valence electrons. The molecule has 1 aromatic heterocycles. The minimum absolute atomic E-state index is 0.0112. The van der Waals surface area contributed by atoms with Gasteiger partial charge in [-0.25, -0.2) is 0 Å². The first-order valence-corrected chi connectivity index (χ1v) is 7.78. The summed E-state index contributed by atoms with van der Waals surface area (Å²) >= 11 is 0. The van der Waals surface area contributed by atoms with Crippen LogP contribution < -0.4 is 0 Å². The number of carbonyl (C=O) groups is 2. The Labute approximate surface area is 135 Å². The molecule has 0 bridgehead atoms. The number of carbonyl (C=O) groups excluding carboxylic acids is 2. The molecule has 0 aromatic carbocycles. The number of aromatic nitrogens is 1. The fraction of sp³-hybridized carbons (Fsp3) is 0.562. The molecule has 1 saturated carbocycles. The Bertz CT molecular complexity index is 749. The number of pyridine rings is 1. The summed E-state index contributed by atoms with van der Waals surface area (Å²) in [6.07, 6.45) is -3.93. The number of alkyl halides is 3. The lowest BCUT2D eigenvalue weighted by atomic mass is 9.79. The first-order valence-electron chi connectivity index (χ1n) is 7.78. The number of aliphatic hydroxyl groups excluding tert-OH is 1. The maximum atomic E-state index is 12.9. The maximum Gasteiger partial charge on any atom is 0.417 e. The average Bonchev–Trinajstić information content (AvgIpc) is 3.01. The number of nitrogens with zero attached hydrogens (tertiary/aromatic N) is 2. The molecule has 1 aromatic rings. The van der Waals surface area contributed by atoms with Crippen LogP contribution in [0.5, 0.6) is 0 Å². The number of Topliss-reactive ketones (excluding diaryl/α,β-unsaturated/α-hetero) is 1. The van der Waals surface area contributed by atoms with Gasteiger partial charge in [0.2, 0.25) is 5.91 Å². The van der Waals surface area contributed by atoms with E-state index in [-0.39, 0.29) is 37.5 Å². The third-order valence-corrected chi connectivity index (χ3v) is 5.51. The van der Waals surface area contributed by atoms with Crippen molar-refractivity contribution in [2.45, 2.75) is 50.6 Å². The van der Waals surface area contributed by atoms with Crippen LogP contribution in [0.2, 0.25) is 0 Å². The molecule has 4 rings (SSSR count). The molecule has 3 aliphatic rings. The molecule has 1 aliphatic carbocycles. The number of halogens is 3. The number of rotatable bonds is 0. The molecule has 2 aliphatic heterocycles. The van der Waals surface area contributed by atoms with Crippen molar-refractivity contribution >= 4 is 11.7 Å². The van der Waals surface area contributed by atoms with Crippen LogP contribution in [0.1, 0.15) is 36.1 Å². The van der Waals surface area contributed by atoms with Gasteiger partial charge in [0.15, 0.2) is 0 Å². The smallest absolute Gasteiger partial charge is 0.390 e. The number of ketones is 1. The van der Waals surface area contributed by atoms with Crippen molar-refractivity contribution in [1.29, 1.82) is 0 Å². The summed E-state index contributed by atoms with van der Waals surface area (Å²) in [6, 6.07) is 0.489. The van der Waals surface area contributed by atoms with Gasteiger partial charge in [0.05, 0.1) is 23.1 Å². The van der Waals surface area contributed by atoms with Gasteiger partial charge in [-0.3, -0.25) is 14.6 Å². The molecular formula is C16H15F3N2O3. The normalized spacial score (nSPS) is 32.4. The van der Waals surface area contributed by atoms with Crippen LogP contribution in [0, 0.1) is 5.41 Å². The molecule has 1 saturated heterocycles. The summed E-state index contributed by atoms with van der Waals surface area (Å²) in [5.41, 5.74) is -1.13. The van der Waals surface area contributed by atoms with E-state index in [1.54, 1.807) is 0 Å². The summed E-state index contributed by atoms with van der Waals surface area (Å²) < 4.78 is 38.6. The summed E-state index contributed by atoms with van der Waals surface area (Å²) in [5.74, 6) is -0.383. The third kappa shape index (κ3) is 2.02. The van der Waals surface area contributed by atoms with E-state index < -0.39 is 29.3 Å². The Morgan fingerprint density at radius 3 is 2.71 bits per heavy atom. The van der Waals surface area contributed by atoms with Crippen LogP contribution in [0.3, 0.4) is 0 Å². The molecule has 24 heavy (non-hydrogen) atoms. The highest BCUT2D eigenvalue weighted by Gasteiger charge is 2.62. The minimum Gasteiger partial charge on any atom is -0.390 e. The van der Waals surface area contributed by atoms with E-state index >= 15 is 0 Å². The van der Waals surface area contributed by atoms with Crippen molar-refractivity contribution in [3.63, 3.8) is 0 Å². The SMILES string of the molecule is O=C1CC[C@@]2(C1)C(=O)N1Cc3cc(C(F)(F)F)cnc3CC1C2O. The van der Waals surface area contributed by atoms with Crippen LogP contribution in [-0.2, 0) is 28.7 Å². The molecule has 1 amide bonds. The van der Waals surface area contributed by atoms with Gasteiger partial charge in [0.1, 0.15) is 5.78 Å². The van der Waals surface area contributed by atoms with E-state index in [1.807, 2.05) is 0 Å². The molecular weight excluding hydrogens is 325 g/mol. The standard InChI is InChI=1S/C16H15F3N2O3/c17-16(18,19)9-3-8-7-21-12(4-11(8)20-6-9)13(23)15(14(21)24)2-1-10(22)5-15/h3,6,12-13,23H,1-2,4-5,7H2/t12?,13?,15-/m0/s1. The lowest BCUT2D eigenvalue weighted by molar-refractivity contribution is -0.139. The highest BCUT2D eigenvalue weighted by Crippen LogP contribution is 2.50. The van der Waals surface area contributed by atoms with Crippen molar-refractivity contribution < 1.29 is 27.9 Å². The van der Waals surface area contributed by atoms with Gasteiger partial charge in [0, 0.05) is 37.7 Å². The van der Waals surface area contributed by atoms with Crippen molar-refractivity contribution in [3.05, 3.63) is 29.1 Å². The maximum absolute atomic E-state index is 12.9. The Morgan fingerprint density at radius 2 is 2.08 bits per heavy atom. The number of hydrogen-bond donors (Lipinski definition) is 1. The molecule has 8 heteroatoms. The monoisotopic (exact) mass is 340 g/mol. The van der Waals surface area contributed by atoms with Crippen molar-refractivity contribution in [1.82, 2.24) is 9.88 Å². The zero-order valence-electron chi connectivity index (χ0n) is 12.6. The molecule has 0 radical (unpaired) electrons. The number of amides is 1. The largest absolute Gasteiger partial charge is 0.417 e. The summed E-state index contributed by atoms with van der Waals surface area (Å²) in [4.78, 5) is 29.8. The molecule has 3 heterocycles. The predicted molar refractivity (Wildman–Crippen MR) is 74.6 cm³/mol. The molecule has 3 atom stereocenters. The molecule has 1 spiro atoms. The van der Waals surface area contributed by atoms with Crippen molar-refractivity contribution in [3.8, 4) is 0 Å².